The number of amides is 12. The van der Waals surface area contributed by atoms with Crippen LogP contribution in [0.15, 0.2) is 134 Å². The molecule has 756 valence electrons. The van der Waals surface area contributed by atoms with Crippen LogP contribution >= 0.6 is 0 Å². The summed E-state index contributed by atoms with van der Waals surface area (Å²) in [5.41, 5.74) is 51.7. The highest BCUT2D eigenvalue weighted by Gasteiger charge is 2.39. The summed E-state index contributed by atoms with van der Waals surface area (Å²) in [5, 5.41) is 77.2. The highest BCUT2D eigenvalue weighted by atomic mass is 16.4. The fourth-order valence-corrected chi connectivity index (χ4v) is 16.3. The maximum absolute atomic E-state index is 15.9. The Kier molecular flexibility index (Phi) is 43.9. The van der Waals surface area contributed by atoms with Gasteiger partial charge in [0.25, 0.3) is 0 Å². The van der Waals surface area contributed by atoms with Crippen molar-refractivity contribution < 1.29 is 67.4 Å². The number of imidazole rings is 1. The second-order valence-corrected chi connectivity index (χ2v) is 34.5. The first kappa shape index (κ1) is 109. The predicted octanol–water partition coefficient (Wildman–Crippen LogP) is -1.99. The molecule has 0 unspecified atom stereocenters. The lowest BCUT2D eigenvalue weighted by molar-refractivity contribution is -0.142. The number of para-hydroxylation sites is 4. The molecule has 0 radical (unpaired) electrons. The zero-order valence-electron chi connectivity index (χ0n) is 78.4. The average Bonchev–Trinajstić information content (AvgIpc) is 1.64. The summed E-state index contributed by atoms with van der Waals surface area (Å²) >= 11 is 0. The molecule has 140 heavy (non-hydrogen) atoms. The molecule has 9 aromatic rings. The zero-order chi connectivity index (χ0) is 101. The Bertz CT molecular complexity index is 5640. The molecule has 40 N–H and O–H groups in total. The van der Waals surface area contributed by atoms with Crippen molar-refractivity contribution in [2.45, 2.75) is 220 Å². The van der Waals surface area contributed by atoms with Crippen LogP contribution in [0, 0.1) is 16.2 Å². The highest BCUT2D eigenvalue weighted by molar-refractivity contribution is 6.01. The van der Waals surface area contributed by atoms with Crippen LogP contribution in [0.3, 0.4) is 0 Å². The maximum Gasteiger partial charge on any atom is 0.326 e. The number of unbranched alkanes of at least 4 members (excludes halogenated alkanes) is 4. The Morgan fingerprint density at radius 3 is 0.879 bits per heavy atom. The van der Waals surface area contributed by atoms with Crippen LogP contribution in [-0.4, -0.2) is 255 Å². The first-order valence-electron chi connectivity index (χ1n) is 47.3. The fraction of sp³-hybridized carbons (Fsp3) is 0.457. The molecule has 5 aromatic heterocycles. The number of carboxylic acids is 1. The van der Waals surface area contributed by atoms with Crippen LogP contribution < -0.4 is 126 Å². The van der Waals surface area contributed by atoms with Crippen LogP contribution in [0.1, 0.15) is 144 Å². The summed E-state index contributed by atoms with van der Waals surface area (Å²) in [5.74, 6) is -12.8. The molecular weight excluding hydrogens is 1800 g/mol. The lowest BCUT2D eigenvalue weighted by Gasteiger charge is -2.28. The van der Waals surface area contributed by atoms with Gasteiger partial charge in [-0.25, -0.2) is 9.78 Å². The van der Waals surface area contributed by atoms with E-state index in [4.69, 9.17) is 62.1 Å². The van der Waals surface area contributed by atoms with Crippen LogP contribution in [0.4, 0.5) is 0 Å². The van der Waals surface area contributed by atoms with Crippen LogP contribution in [0.5, 0.6) is 0 Å². The number of rotatable bonds is 63. The summed E-state index contributed by atoms with van der Waals surface area (Å²) in [4.78, 5) is 212. The van der Waals surface area contributed by atoms with E-state index in [2.05, 4.69) is 110 Å². The molecular formula is C94H136N32O14. The van der Waals surface area contributed by atoms with Gasteiger partial charge in [-0.1, -0.05) is 79.2 Å². The first-order valence-corrected chi connectivity index (χ1v) is 47.3. The standard InChI is InChI=1S/C94H136N32O14/c95-35-13-9-24-63(99)80(128)122-78(46-58-51-106-53-115-58)90(138)117-68(29-10-14-36-96)81(129)114-52-79(127)116-69(30-11-15-37-97)82(130)118-72(33-18-40-108-93(102)103)85(133)124-77(45-57-50-113-67-28-8-4-23-62(57)67)89(137)125-74(42-54-47-110-64-25-5-1-20-59(54)64)86(134)119-70(31-12-16-38-98)84(132)123-76(44-56-49-112-66-27-7-3-22-61(56)66)88(136)126-75(43-55-48-111-65-26-6-2-21-60(55)65)87(135)120-71(32-17-39-107-92(100)101)83(131)121-73(91(139)140)34-19-41-109-94(104)105/h1-8,20-23,25-28,47-51,53,63,68-78,110-113H,9-19,24,29-46,52,95-99H2,(H,106,115)(H,114,129)(H,116,127)(H,117,138)(H,118,130)(H,119,134)(H,120,135)(H,121,131)(H,122,128)(H,123,132)(H,124,133)(H,125,137)(H,126,136)(H,139,140)(H4,100,101,107)(H4,102,103,108)(H4,104,105,109)/t63-,68-,69-,70-,71-,72-,73-,74-,75-,76-,77-,78-/m0/s1. The highest BCUT2D eigenvalue weighted by Crippen LogP contribution is 2.26. The Morgan fingerprint density at radius 2 is 0.571 bits per heavy atom. The zero-order valence-corrected chi connectivity index (χ0v) is 78.4. The summed E-state index contributed by atoms with van der Waals surface area (Å²) in [6.07, 6.45) is 11.7. The minimum atomic E-state index is -1.60. The van der Waals surface area contributed by atoms with Gasteiger partial charge in [0.2, 0.25) is 70.9 Å². The number of H-pyrrole nitrogens is 5. The van der Waals surface area contributed by atoms with E-state index in [9.17, 15) is 33.9 Å². The van der Waals surface area contributed by atoms with Gasteiger partial charge >= 0.3 is 5.97 Å². The number of carbonyl (C=O) groups is 13. The molecule has 0 saturated heterocycles. The van der Waals surface area contributed by atoms with Crippen molar-refractivity contribution in [3.63, 3.8) is 0 Å². The van der Waals surface area contributed by atoms with Crippen molar-refractivity contribution in [1.82, 2.24) is 110 Å². The lowest BCUT2D eigenvalue weighted by atomic mass is 9.99. The van der Waals surface area contributed by atoms with Crippen molar-refractivity contribution in [3.8, 4) is 0 Å². The Morgan fingerprint density at radius 1 is 0.307 bits per heavy atom. The maximum atomic E-state index is 15.9. The second kappa shape index (κ2) is 56.6. The molecule has 0 aliphatic heterocycles. The molecule has 0 spiro atoms. The number of guanidine groups is 3. The minimum absolute atomic E-state index is 0.0146. The van der Waals surface area contributed by atoms with Crippen molar-refractivity contribution in [3.05, 3.63) is 162 Å². The monoisotopic (exact) mass is 1940 g/mol. The molecule has 46 heteroatoms. The second-order valence-electron chi connectivity index (χ2n) is 34.5. The quantitative estimate of drug-likeness (QED) is 0.0112. The molecule has 0 fully saturated rings. The molecule has 5 heterocycles. The van der Waals surface area contributed by atoms with Gasteiger partial charge < -0.3 is 156 Å². The van der Waals surface area contributed by atoms with Gasteiger partial charge in [-0.05, 0) is 182 Å². The molecule has 9 rings (SSSR count). The van der Waals surface area contributed by atoms with Gasteiger partial charge in [-0.15, -0.1) is 0 Å². The molecule has 12 amide bonds. The number of nitrogens with one attached hydrogen (secondary N) is 23. The molecule has 4 aromatic carbocycles. The largest absolute Gasteiger partial charge is 0.480 e. The molecule has 12 atom stereocenters. The van der Waals surface area contributed by atoms with Crippen LogP contribution in [0.2, 0.25) is 0 Å². The Balaban J connectivity index is 1.01. The summed E-state index contributed by atoms with van der Waals surface area (Å²) in [6, 6.07) is 11.4. The van der Waals surface area contributed by atoms with Gasteiger partial charge in [0.15, 0.2) is 17.9 Å². The van der Waals surface area contributed by atoms with Gasteiger partial charge in [-0.2, -0.15) is 0 Å². The van der Waals surface area contributed by atoms with Crippen LogP contribution in [0.25, 0.3) is 43.6 Å². The predicted molar refractivity (Wildman–Crippen MR) is 529 cm³/mol. The Hall–Kier alpha value is -15.0. The number of carboxylic acid groups (broad SMARTS) is 1. The fourth-order valence-electron chi connectivity index (χ4n) is 16.3. The molecule has 0 saturated carbocycles. The molecule has 46 nitrogen and oxygen atoms in total. The van der Waals surface area contributed by atoms with E-state index in [0.717, 1.165) is 0 Å². The van der Waals surface area contributed by atoms with Gasteiger partial charge in [0.05, 0.1) is 24.6 Å². The smallest absolute Gasteiger partial charge is 0.326 e. The van der Waals surface area contributed by atoms with E-state index >= 15 is 33.6 Å². The number of benzene rings is 4. The van der Waals surface area contributed by atoms with Crippen molar-refractivity contribution in [2.75, 3.05) is 52.4 Å². The van der Waals surface area contributed by atoms with E-state index in [1.54, 1.807) is 122 Å². The third-order valence-corrected chi connectivity index (χ3v) is 23.9. The third-order valence-electron chi connectivity index (χ3n) is 23.9. The van der Waals surface area contributed by atoms with Gasteiger partial charge in [0.1, 0.15) is 66.5 Å². The third kappa shape index (κ3) is 34.6. The number of aromatic amines is 5. The molecule has 0 aliphatic rings. The lowest BCUT2D eigenvalue weighted by Crippen LogP contribution is -2.61. The minimum Gasteiger partial charge on any atom is -0.480 e. The van der Waals surface area contributed by atoms with Crippen molar-refractivity contribution >= 4 is 138 Å². The topological polar surface area (TPSA) is 794 Å². The number of hydrogen-bond donors (Lipinski definition) is 32. The number of aliphatic carboxylic acids is 1. The van der Waals surface area contributed by atoms with Crippen LogP contribution in [-0.2, 0) is 94.4 Å². The van der Waals surface area contributed by atoms with Crippen molar-refractivity contribution in [1.29, 1.82) is 16.2 Å². The summed E-state index contributed by atoms with van der Waals surface area (Å²) in [6.45, 7) is 0.427. The number of fused-ring (bicyclic) bond motifs is 4. The van der Waals surface area contributed by atoms with Gasteiger partial charge in [-0.3, -0.25) is 73.8 Å². The number of hydrogen-bond acceptors (Lipinski definition) is 22. The number of nitrogens with zero attached hydrogens (tertiary/aromatic N) is 1. The first-order chi connectivity index (χ1) is 67.4. The van der Waals surface area contributed by atoms with E-state index in [1.807, 2.05) is 0 Å². The number of carbonyl (C=O) groups excluding carboxylic acids is 12. The molecule has 0 bridgehead atoms. The van der Waals surface area contributed by atoms with E-state index in [1.165, 1.54) is 12.5 Å². The normalized spacial score (nSPS) is 13.9. The van der Waals surface area contributed by atoms with Gasteiger partial charge in [0, 0.05) is 126 Å². The van der Waals surface area contributed by atoms with E-state index < -0.39 is 162 Å². The molecule has 0 aliphatic carbocycles. The van der Waals surface area contributed by atoms with E-state index in [0.29, 0.717) is 117 Å². The van der Waals surface area contributed by atoms with Crippen molar-refractivity contribution in [2.24, 2.45) is 45.9 Å². The number of nitrogens with two attached hydrogens (primary N) is 8. The SMILES string of the molecule is N=C(N)NCCC[C@H](NC(=O)[C@H](CCCNC(=N)N)NC(=O)[C@H](Cc1c[nH]c2ccccc12)NC(=O)[C@H](Cc1c[nH]c2ccccc12)NC(=O)[C@H](CCCCN)NC(=O)[C@H](Cc1c[nH]c2ccccc12)NC(=O)[C@H](Cc1c[nH]c2ccccc12)NC(=O)[C@H](CCCNC(=N)N)NC(=O)[C@H](CCCCN)NC(=O)CNC(=O)[C@H](CCCCN)NC(=O)[C@H](Cc1c[nH]cn1)NC(=O)[C@@H](N)CCCCN)C(=O)O. The summed E-state index contributed by atoms with van der Waals surface area (Å²) in [7, 11) is 0. The van der Waals surface area contributed by atoms with E-state index in [-0.39, 0.29) is 160 Å². The Labute approximate surface area is 808 Å². The number of aromatic nitrogens is 6. The average molecular weight is 1940 g/mol. The summed E-state index contributed by atoms with van der Waals surface area (Å²) < 4.78 is 0.